The number of aromatic nitrogens is 4. The lowest BCUT2D eigenvalue weighted by Crippen LogP contribution is -2.29. The predicted molar refractivity (Wildman–Crippen MR) is 133 cm³/mol. The van der Waals surface area contributed by atoms with Crippen molar-refractivity contribution in [1.29, 1.82) is 5.26 Å². The van der Waals surface area contributed by atoms with Crippen molar-refractivity contribution >= 4 is 21.9 Å². The molecule has 1 fully saturated rings. The van der Waals surface area contributed by atoms with Gasteiger partial charge in [-0.15, -0.1) is 0 Å². The molecule has 1 aliphatic heterocycles. The van der Waals surface area contributed by atoms with Gasteiger partial charge in [0.15, 0.2) is 5.75 Å². The van der Waals surface area contributed by atoms with Gasteiger partial charge in [-0.2, -0.15) is 5.26 Å². The van der Waals surface area contributed by atoms with E-state index >= 15 is 0 Å². The molecule has 34 heavy (non-hydrogen) atoms. The minimum atomic E-state index is -0.273. The molecular formula is C26H30N6O2. The molecule has 176 valence electrons. The van der Waals surface area contributed by atoms with E-state index in [1.165, 1.54) is 5.56 Å². The van der Waals surface area contributed by atoms with Crippen LogP contribution in [0, 0.1) is 16.7 Å². The lowest BCUT2D eigenvalue weighted by atomic mass is 9.88. The number of nitriles is 1. The third-order valence-electron chi connectivity index (χ3n) is 6.55. The number of rotatable bonds is 4. The van der Waals surface area contributed by atoms with Gasteiger partial charge in [0, 0.05) is 17.8 Å². The van der Waals surface area contributed by atoms with E-state index in [0.29, 0.717) is 40.4 Å². The van der Waals surface area contributed by atoms with Gasteiger partial charge in [-0.1, -0.05) is 26.8 Å². The van der Waals surface area contributed by atoms with E-state index in [-0.39, 0.29) is 11.0 Å². The van der Waals surface area contributed by atoms with Crippen LogP contribution in [0.15, 0.2) is 29.3 Å². The number of fused-ring (bicyclic) bond motifs is 2. The predicted octanol–water partition coefficient (Wildman–Crippen LogP) is 4.51. The fourth-order valence-electron chi connectivity index (χ4n) is 4.70. The van der Waals surface area contributed by atoms with Crippen LogP contribution in [-0.4, -0.2) is 51.6 Å². The molecule has 4 heterocycles. The first kappa shape index (κ1) is 22.2. The third kappa shape index (κ3) is 3.97. The van der Waals surface area contributed by atoms with Crippen LogP contribution in [0.5, 0.6) is 5.75 Å². The van der Waals surface area contributed by atoms with Crippen LogP contribution in [0.3, 0.4) is 0 Å². The van der Waals surface area contributed by atoms with E-state index in [4.69, 9.17) is 9.72 Å². The van der Waals surface area contributed by atoms with Crippen molar-refractivity contribution in [3.05, 3.63) is 46.0 Å². The maximum Gasteiger partial charge on any atom is 0.261 e. The second kappa shape index (κ2) is 8.33. The first-order chi connectivity index (χ1) is 16.2. The van der Waals surface area contributed by atoms with Crippen LogP contribution >= 0.6 is 0 Å². The molecule has 0 aliphatic carbocycles. The number of likely N-dealkylation sites (tertiary alicyclic amines) is 1. The van der Waals surface area contributed by atoms with Crippen LogP contribution in [0.2, 0.25) is 0 Å². The van der Waals surface area contributed by atoms with E-state index < -0.39 is 0 Å². The summed E-state index contributed by atoms with van der Waals surface area (Å²) >= 11 is 0. The van der Waals surface area contributed by atoms with Gasteiger partial charge in [0.25, 0.3) is 5.56 Å². The van der Waals surface area contributed by atoms with Crippen LogP contribution in [0.25, 0.3) is 33.3 Å². The summed E-state index contributed by atoms with van der Waals surface area (Å²) in [4.78, 5) is 29.2. The van der Waals surface area contributed by atoms with E-state index in [1.807, 2.05) is 6.07 Å². The van der Waals surface area contributed by atoms with Crippen molar-refractivity contribution in [1.82, 2.24) is 24.8 Å². The Hall–Kier alpha value is -3.57. The number of piperidine rings is 1. The Labute approximate surface area is 198 Å². The van der Waals surface area contributed by atoms with Crippen LogP contribution in [0.4, 0.5) is 0 Å². The second-order valence-corrected chi connectivity index (χ2v) is 10.5. The summed E-state index contributed by atoms with van der Waals surface area (Å²) in [5.41, 5.74) is 3.91. The van der Waals surface area contributed by atoms with Gasteiger partial charge in [-0.3, -0.25) is 4.79 Å². The number of imidazole rings is 1. The molecule has 0 saturated carbocycles. The van der Waals surface area contributed by atoms with Crippen molar-refractivity contribution in [2.24, 2.45) is 5.41 Å². The topological polar surface area (TPSA) is 114 Å². The average Bonchev–Trinajstić information content (AvgIpc) is 3.41. The first-order valence-electron chi connectivity index (χ1n) is 11.7. The number of nitrogens with one attached hydrogen (secondary N) is 3. The van der Waals surface area contributed by atoms with E-state index in [1.54, 1.807) is 12.4 Å². The minimum absolute atomic E-state index is 0.00790. The van der Waals surface area contributed by atoms with Gasteiger partial charge in [0.05, 0.1) is 23.2 Å². The highest BCUT2D eigenvalue weighted by molar-refractivity contribution is 5.97. The normalized spacial score (nSPS) is 15.7. The molecule has 0 unspecified atom stereocenters. The largest absolute Gasteiger partial charge is 0.490 e. The van der Waals surface area contributed by atoms with Gasteiger partial charge in [0.2, 0.25) is 0 Å². The van der Waals surface area contributed by atoms with Gasteiger partial charge < -0.3 is 24.6 Å². The summed E-state index contributed by atoms with van der Waals surface area (Å²) < 4.78 is 6.45. The SMILES string of the molecule is CN1CCC(c2ccc3[nH]c(-c4c(=O)[nH]cc5c(C#N)c[nH]c45)nc3c2OCC(C)(C)C)CC1. The summed E-state index contributed by atoms with van der Waals surface area (Å²) in [7, 11) is 2.16. The third-order valence-corrected chi connectivity index (χ3v) is 6.55. The molecule has 0 radical (unpaired) electrons. The first-order valence-corrected chi connectivity index (χ1v) is 11.7. The van der Waals surface area contributed by atoms with Crippen molar-refractivity contribution in [2.75, 3.05) is 26.7 Å². The number of hydrogen-bond acceptors (Lipinski definition) is 5. The zero-order valence-corrected chi connectivity index (χ0v) is 20.1. The molecule has 8 heteroatoms. The second-order valence-electron chi connectivity index (χ2n) is 10.5. The number of pyridine rings is 1. The van der Waals surface area contributed by atoms with E-state index in [2.05, 4.69) is 59.8 Å². The zero-order chi connectivity index (χ0) is 24.0. The lowest BCUT2D eigenvalue weighted by Gasteiger charge is -2.30. The summed E-state index contributed by atoms with van der Waals surface area (Å²) in [5, 5.41) is 10.1. The number of H-pyrrole nitrogens is 3. The Kier molecular flexibility index (Phi) is 5.45. The van der Waals surface area contributed by atoms with Crippen molar-refractivity contribution < 1.29 is 4.74 Å². The smallest absolute Gasteiger partial charge is 0.261 e. The van der Waals surface area contributed by atoms with Crippen LogP contribution in [-0.2, 0) is 0 Å². The Balaban J connectivity index is 1.67. The average molecular weight is 459 g/mol. The molecule has 8 nitrogen and oxygen atoms in total. The Morgan fingerprint density at radius 3 is 2.68 bits per heavy atom. The van der Waals surface area contributed by atoms with Crippen LogP contribution in [0.1, 0.15) is 50.7 Å². The number of nitrogens with zero attached hydrogens (tertiary/aromatic N) is 3. The van der Waals surface area contributed by atoms with Gasteiger partial charge in [-0.05, 0) is 55.9 Å². The standard InChI is InChI=1S/C26H30N6O2/c1-26(2,3)14-34-23-17(15-7-9-32(4)10-8-15)5-6-19-22(23)31-24(30-19)20-21-18(13-29-25(20)33)16(11-27)12-28-21/h5-6,12-13,15,28H,7-10,14H2,1-4H3,(H,29,33)(H,30,31). The molecule has 0 atom stereocenters. The molecule has 4 aromatic rings. The molecule has 0 bridgehead atoms. The van der Waals surface area contributed by atoms with Gasteiger partial charge in [0.1, 0.15) is 23.0 Å². The van der Waals surface area contributed by atoms with Crippen LogP contribution < -0.4 is 10.3 Å². The Morgan fingerprint density at radius 2 is 1.97 bits per heavy atom. The maximum atomic E-state index is 12.8. The molecule has 0 amide bonds. The zero-order valence-electron chi connectivity index (χ0n) is 20.1. The summed E-state index contributed by atoms with van der Waals surface area (Å²) in [6, 6.07) is 6.33. The highest BCUT2D eigenvalue weighted by Crippen LogP contribution is 2.40. The van der Waals surface area contributed by atoms with Crippen molar-refractivity contribution in [3.8, 4) is 23.2 Å². The highest BCUT2D eigenvalue weighted by Gasteiger charge is 2.26. The molecule has 1 aliphatic rings. The van der Waals surface area contributed by atoms with Gasteiger partial charge in [-0.25, -0.2) is 4.98 Å². The van der Waals surface area contributed by atoms with Crippen molar-refractivity contribution in [2.45, 2.75) is 39.5 Å². The molecule has 1 aromatic carbocycles. The Bertz CT molecular complexity index is 1450. The number of ether oxygens (including phenoxy) is 1. The fraction of sp³-hybridized carbons (Fsp3) is 0.423. The molecule has 1 saturated heterocycles. The molecule has 3 aromatic heterocycles. The summed E-state index contributed by atoms with van der Waals surface area (Å²) in [6.07, 6.45) is 5.32. The lowest BCUT2D eigenvalue weighted by molar-refractivity contribution is 0.194. The number of hydrogen-bond donors (Lipinski definition) is 3. The number of benzene rings is 1. The molecule has 3 N–H and O–H groups in total. The molecule has 0 spiro atoms. The fourth-order valence-corrected chi connectivity index (χ4v) is 4.70. The van der Waals surface area contributed by atoms with Crippen molar-refractivity contribution in [3.63, 3.8) is 0 Å². The maximum absolute atomic E-state index is 12.8. The molecule has 5 rings (SSSR count). The monoisotopic (exact) mass is 458 g/mol. The summed E-state index contributed by atoms with van der Waals surface area (Å²) in [6.45, 7) is 9.12. The minimum Gasteiger partial charge on any atom is -0.490 e. The number of aromatic amines is 3. The van der Waals surface area contributed by atoms with E-state index in [9.17, 15) is 10.1 Å². The highest BCUT2D eigenvalue weighted by atomic mass is 16.5. The van der Waals surface area contributed by atoms with Gasteiger partial charge >= 0.3 is 0 Å². The molecular weight excluding hydrogens is 428 g/mol. The summed E-state index contributed by atoms with van der Waals surface area (Å²) in [5.74, 6) is 1.66. The Morgan fingerprint density at radius 1 is 1.21 bits per heavy atom. The van der Waals surface area contributed by atoms with E-state index in [0.717, 1.165) is 42.7 Å². The quantitative estimate of drug-likeness (QED) is 0.416.